The summed E-state index contributed by atoms with van der Waals surface area (Å²) in [7, 11) is 0. The van der Waals surface area contributed by atoms with Crippen LogP contribution < -0.4 is 4.74 Å². The van der Waals surface area contributed by atoms with Crippen LogP contribution in [0.2, 0.25) is 0 Å². The summed E-state index contributed by atoms with van der Waals surface area (Å²) in [5.74, 6) is 3.11. The maximum Gasteiger partial charge on any atom is 0.167 e. The van der Waals surface area contributed by atoms with Crippen molar-refractivity contribution in [3.05, 3.63) is 29.8 Å². The first-order valence-electron chi connectivity index (χ1n) is 3.91. The van der Waals surface area contributed by atoms with Crippen LogP contribution in [0.15, 0.2) is 24.3 Å². The fraction of sp³-hybridized carbons (Fsp3) is 0.182. The van der Waals surface area contributed by atoms with E-state index < -0.39 is 0 Å². The normalized spacial score (nSPS) is 8.92. The third-order valence-corrected chi connectivity index (χ3v) is 1.44. The first kappa shape index (κ1) is 9.34. The van der Waals surface area contributed by atoms with Gasteiger partial charge in [0.2, 0.25) is 0 Å². The van der Waals surface area contributed by atoms with Gasteiger partial charge < -0.3 is 4.74 Å². The Balaban J connectivity index is 2.68. The van der Waals surface area contributed by atoms with Crippen molar-refractivity contribution >= 4 is 5.78 Å². The van der Waals surface area contributed by atoms with Crippen LogP contribution in [0, 0.1) is 12.3 Å². The van der Waals surface area contributed by atoms with Gasteiger partial charge in [0.15, 0.2) is 5.78 Å². The molecule has 0 aliphatic carbocycles. The summed E-state index contributed by atoms with van der Waals surface area (Å²) in [6.45, 7) is 1.57. The van der Waals surface area contributed by atoms with Gasteiger partial charge in [-0.3, -0.25) is 4.79 Å². The SMILES string of the molecule is C#Cc1cccc(OCC(C)=O)c1. The van der Waals surface area contributed by atoms with Crippen molar-refractivity contribution in [3.63, 3.8) is 0 Å². The van der Waals surface area contributed by atoms with Gasteiger partial charge in [0.1, 0.15) is 12.4 Å². The van der Waals surface area contributed by atoms with Gasteiger partial charge in [-0.2, -0.15) is 0 Å². The second kappa shape index (κ2) is 4.32. The summed E-state index contributed by atoms with van der Waals surface area (Å²) in [6, 6.07) is 7.10. The molecule has 0 aromatic heterocycles. The van der Waals surface area contributed by atoms with Crippen molar-refractivity contribution in [1.29, 1.82) is 0 Å². The fourth-order valence-corrected chi connectivity index (χ4v) is 0.861. The van der Waals surface area contributed by atoms with Crippen molar-refractivity contribution in [3.8, 4) is 18.1 Å². The lowest BCUT2D eigenvalue weighted by Crippen LogP contribution is -2.06. The number of carbonyl (C=O) groups is 1. The largest absolute Gasteiger partial charge is 0.486 e. The minimum atomic E-state index is -0.00823. The number of hydrogen-bond acceptors (Lipinski definition) is 2. The zero-order valence-corrected chi connectivity index (χ0v) is 7.41. The van der Waals surface area contributed by atoms with Crippen LogP contribution in [0.4, 0.5) is 0 Å². The van der Waals surface area contributed by atoms with Crippen LogP contribution in [-0.4, -0.2) is 12.4 Å². The van der Waals surface area contributed by atoms with E-state index in [0.29, 0.717) is 5.75 Å². The quantitative estimate of drug-likeness (QED) is 0.651. The molecule has 13 heavy (non-hydrogen) atoms. The summed E-state index contributed by atoms with van der Waals surface area (Å²) >= 11 is 0. The Kier molecular flexibility index (Phi) is 3.10. The molecule has 0 amide bonds. The van der Waals surface area contributed by atoms with Crippen molar-refractivity contribution in [2.45, 2.75) is 6.92 Å². The standard InChI is InChI=1S/C11H10O2/c1-3-10-5-4-6-11(7-10)13-8-9(2)12/h1,4-7H,8H2,2H3. The number of rotatable bonds is 3. The molecule has 1 aromatic carbocycles. The molecule has 0 N–H and O–H groups in total. The molecule has 0 atom stereocenters. The number of ketones is 1. The molecule has 66 valence electrons. The Labute approximate surface area is 77.5 Å². The van der Waals surface area contributed by atoms with E-state index in [1.165, 1.54) is 6.92 Å². The number of benzene rings is 1. The van der Waals surface area contributed by atoms with Crippen LogP contribution in [0.25, 0.3) is 0 Å². The third kappa shape index (κ3) is 3.00. The van der Waals surface area contributed by atoms with Gasteiger partial charge in [-0.1, -0.05) is 12.0 Å². The average molecular weight is 174 g/mol. The van der Waals surface area contributed by atoms with Crippen LogP contribution in [0.3, 0.4) is 0 Å². The second-order valence-corrected chi connectivity index (χ2v) is 2.66. The Morgan fingerprint density at radius 2 is 2.38 bits per heavy atom. The van der Waals surface area contributed by atoms with E-state index in [1.54, 1.807) is 24.3 Å². The molecular weight excluding hydrogens is 164 g/mol. The van der Waals surface area contributed by atoms with Crippen LogP contribution in [0.1, 0.15) is 12.5 Å². The molecule has 1 aromatic rings. The van der Waals surface area contributed by atoms with Gasteiger partial charge in [-0.15, -0.1) is 6.42 Å². The number of ether oxygens (including phenoxy) is 1. The van der Waals surface area contributed by atoms with E-state index in [-0.39, 0.29) is 12.4 Å². The molecule has 0 unspecified atom stereocenters. The molecule has 0 saturated carbocycles. The van der Waals surface area contributed by atoms with Gasteiger partial charge >= 0.3 is 0 Å². The van der Waals surface area contributed by atoms with Crippen molar-refractivity contribution in [2.75, 3.05) is 6.61 Å². The summed E-state index contributed by atoms with van der Waals surface area (Å²) in [5, 5.41) is 0. The predicted molar refractivity (Wildman–Crippen MR) is 50.6 cm³/mol. The Hall–Kier alpha value is -1.75. The molecule has 2 nitrogen and oxygen atoms in total. The highest BCUT2D eigenvalue weighted by atomic mass is 16.5. The number of carbonyl (C=O) groups excluding carboxylic acids is 1. The van der Waals surface area contributed by atoms with Crippen molar-refractivity contribution in [2.24, 2.45) is 0 Å². The molecule has 0 aliphatic rings. The van der Waals surface area contributed by atoms with Crippen LogP contribution >= 0.6 is 0 Å². The molecule has 0 spiro atoms. The zero-order valence-electron chi connectivity index (χ0n) is 7.41. The lowest BCUT2D eigenvalue weighted by atomic mass is 10.2. The zero-order chi connectivity index (χ0) is 9.68. The molecule has 0 saturated heterocycles. The fourth-order valence-electron chi connectivity index (χ4n) is 0.861. The van der Waals surface area contributed by atoms with Crippen molar-refractivity contribution in [1.82, 2.24) is 0 Å². The molecule has 0 aliphatic heterocycles. The molecular formula is C11H10O2. The molecule has 0 radical (unpaired) electrons. The van der Waals surface area contributed by atoms with E-state index in [0.717, 1.165) is 5.56 Å². The van der Waals surface area contributed by atoms with Gasteiger partial charge in [0.05, 0.1) is 0 Å². The lowest BCUT2D eigenvalue weighted by molar-refractivity contribution is -0.118. The predicted octanol–water partition coefficient (Wildman–Crippen LogP) is 1.64. The van der Waals surface area contributed by atoms with Crippen LogP contribution in [0.5, 0.6) is 5.75 Å². The monoisotopic (exact) mass is 174 g/mol. The van der Waals surface area contributed by atoms with Gasteiger partial charge in [-0.05, 0) is 25.1 Å². The molecule has 0 fully saturated rings. The Morgan fingerprint density at radius 1 is 1.62 bits per heavy atom. The Bertz CT molecular complexity index is 347. The summed E-state index contributed by atoms with van der Waals surface area (Å²) in [6.07, 6.45) is 5.20. The van der Waals surface area contributed by atoms with E-state index >= 15 is 0 Å². The highest BCUT2D eigenvalue weighted by Crippen LogP contribution is 2.11. The molecule has 1 rings (SSSR count). The van der Waals surface area contributed by atoms with Gasteiger partial charge in [-0.25, -0.2) is 0 Å². The van der Waals surface area contributed by atoms with Crippen LogP contribution in [-0.2, 0) is 4.79 Å². The smallest absolute Gasteiger partial charge is 0.167 e. The van der Waals surface area contributed by atoms with Gasteiger partial charge in [0, 0.05) is 5.56 Å². The maximum absolute atomic E-state index is 10.6. The first-order valence-corrected chi connectivity index (χ1v) is 3.91. The topological polar surface area (TPSA) is 26.3 Å². The highest BCUT2D eigenvalue weighted by molar-refractivity contribution is 5.77. The van der Waals surface area contributed by atoms with E-state index in [9.17, 15) is 4.79 Å². The van der Waals surface area contributed by atoms with E-state index in [2.05, 4.69) is 5.92 Å². The minimum absolute atomic E-state index is 0.00823. The average Bonchev–Trinajstić information content (AvgIpc) is 2.15. The van der Waals surface area contributed by atoms with Crippen molar-refractivity contribution < 1.29 is 9.53 Å². The first-order chi connectivity index (χ1) is 6.22. The van der Waals surface area contributed by atoms with E-state index in [1.807, 2.05) is 0 Å². The number of terminal acetylenes is 1. The molecule has 0 bridgehead atoms. The van der Waals surface area contributed by atoms with E-state index in [4.69, 9.17) is 11.2 Å². The number of Topliss-reactive ketones (excluding diaryl/α,β-unsaturated/α-hetero) is 1. The molecule has 0 heterocycles. The highest BCUT2D eigenvalue weighted by Gasteiger charge is 1.96. The minimum Gasteiger partial charge on any atom is -0.486 e. The third-order valence-electron chi connectivity index (χ3n) is 1.44. The number of hydrogen-bond donors (Lipinski definition) is 0. The lowest BCUT2D eigenvalue weighted by Gasteiger charge is -2.03. The Morgan fingerprint density at radius 3 is 3.00 bits per heavy atom. The summed E-state index contributed by atoms with van der Waals surface area (Å²) in [4.78, 5) is 10.6. The maximum atomic E-state index is 10.6. The summed E-state index contributed by atoms with van der Waals surface area (Å²) in [5.41, 5.74) is 0.751. The van der Waals surface area contributed by atoms with Gasteiger partial charge in [0.25, 0.3) is 0 Å². The summed E-state index contributed by atoms with van der Waals surface area (Å²) < 4.78 is 5.16. The molecule has 2 heteroatoms. The second-order valence-electron chi connectivity index (χ2n) is 2.66.